The van der Waals surface area contributed by atoms with Crippen LogP contribution in [0.4, 0.5) is 11.5 Å². The summed E-state index contributed by atoms with van der Waals surface area (Å²) in [5, 5.41) is 3.21. The van der Waals surface area contributed by atoms with Crippen molar-refractivity contribution in [3.05, 3.63) is 48.5 Å². The van der Waals surface area contributed by atoms with Crippen LogP contribution >= 0.6 is 0 Å². The molecule has 0 aliphatic carbocycles. The summed E-state index contributed by atoms with van der Waals surface area (Å²) < 4.78 is 10.5. The average Bonchev–Trinajstić information content (AvgIpc) is 2.55. The van der Waals surface area contributed by atoms with Gasteiger partial charge in [0, 0.05) is 5.69 Å². The number of nitrogens with zero attached hydrogens (tertiary/aromatic N) is 2. The molecular formula is C16H15N3O2. The van der Waals surface area contributed by atoms with E-state index < -0.39 is 0 Å². The van der Waals surface area contributed by atoms with Crippen molar-refractivity contribution in [1.82, 2.24) is 9.97 Å². The van der Waals surface area contributed by atoms with Crippen LogP contribution in [-0.4, -0.2) is 24.2 Å². The number of fused-ring (bicyclic) bond motifs is 1. The summed E-state index contributed by atoms with van der Waals surface area (Å²) in [5.41, 5.74) is 2.50. The molecule has 0 spiro atoms. The van der Waals surface area contributed by atoms with Gasteiger partial charge in [0.05, 0.1) is 25.3 Å². The molecule has 0 bridgehead atoms. The van der Waals surface area contributed by atoms with Crippen molar-refractivity contribution in [2.24, 2.45) is 0 Å². The molecule has 1 aromatic heterocycles. The first kappa shape index (κ1) is 13.2. The molecule has 3 rings (SSSR count). The molecule has 0 aliphatic heterocycles. The number of ether oxygens (including phenoxy) is 2. The Morgan fingerprint density at radius 2 is 1.48 bits per heavy atom. The SMILES string of the molecule is COc1ccc(Nc2nc3ccccc3nc2OC)cc1. The van der Waals surface area contributed by atoms with Crippen LogP contribution in [0.3, 0.4) is 0 Å². The highest BCUT2D eigenvalue weighted by Gasteiger charge is 2.09. The Labute approximate surface area is 122 Å². The summed E-state index contributed by atoms with van der Waals surface area (Å²) in [7, 11) is 3.22. The number of rotatable bonds is 4. The van der Waals surface area contributed by atoms with Gasteiger partial charge in [0.25, 0.3) is 5.88 Å². The summed E-state index contributed by atoms with van der Waals surface area (Å²) in [5.74, 6) is 1.85. The van der Waals surface area contributed by atoms with Crippen LogP contribution in [0, 0.1) is 0 Å². The van der Waals surface area contributed by atoms with E-state index in [1.165, 1.54) is 0 Å². The Kier molecular flexibility index (Phi) is 3.55. The highest BCUT2D eigenvalue weighted by atomic mass is 16.5. The van der Waals surface area contributed by atoms with Crippen LogP contribution in [0.5, 0.6) is 11.6 Å². The van der Waals surface area contributed by atoms with Crippen molar-refractivity contribution < 1.29 is 9.47 Å². The molecule has 0 unspecified atom stereocenters. The molecule has 5 nitrogen and oxygen atoms in total. The van der Waals surface area contributed by atoms with Gasteiger partial charge in [-0.1, -0.05) is 12.1 Å². The van der Waals surface area contributed by atoms with E-state index in [-0.39, 0.29) is 0 Å². The van der Waals surface area contributed by atoms with Crippen molar-refractivity contribution in [2.75, 3.05) is 19.5 Å². The highest BCUT2D eigenvalue weighted by molar-refractivity contribution is 5.78. The van der Waals surface area contributed by atoms with Crippen molar-refractivity contribution >= 4 is 22.5 Å². The topological polar surface area (TPSA) is 56.3 Å². The zero-order chi connectivity index (χ0) is 14.7. The monoisotopic (exact) mass is 281 g/mol. The molecule has 2 aromatic carbocycles. The van der Waals surface area contributed by atoms with Gasteiger partial charge >= 0.3 is 0 Å². The highest BCUT2D eigenvalue weighted by Crippen LogP contribution is 2.27. The predicted molar refractivity (Wildman–Crippen MR) is 82.4 cm³/mol. The summed E-state index contributed by atoms with van der Waals surface area (Å²) in [6, 6.07) is 15.3. The minimum absolute atomic E-state index is 0.463. The minimum atomic E-state index is 0.463. The number of hydrogen-bond acceptors (Lipinski definition) is 5. The predicted octanol–water partition coefficient (Wildman–Crippen LogP) is 3.39. The van der Waals surface area contributed by atoms with Crippen molar-refractivity contribution in [1.29, 1.82) is 0 Å². The summed E-state index contributed by atoms with van der Waals surface area (Å²) in [6.45, 7) is 0. The zero-order valence-corrected chi connectivity index (χ0v) is 11.8. The molecule has 5 heteroatoms. The number of benzene rings is 2. The van der Waals surface area contributed by atoms with Crippen molar-refractivity contribution in [2.45, 2.75) is 0 Å². The molecule has 0 saturated heterocycles. The molecule has 0 radical (unpaired) electrons. The number of para-hydroxylation sites is 2. The summed E-state index contributed by atoms with van der Waals surface area (Å²) >= 11 is 0. The molecule has 3 aromatic rings. The van der Waals surface area contributed by atoms with E-state index in [1.807, 2.05) is 48.5 Å². The molecule has 1 N–H and O–H groups in total. The van der Waals surface area contributed by atoms with E-state index in [0.717, 1.165) is 22.5 Å². The smallest absolute Gasteiger partial charge is 0.258 e. The summed E-state index contributed by atoms with van der Waals surface area (Å²) in [4.78, 5) is 9.01. The Morgan fingerprint density at radius 1 is 0.810 bits per heavy atom. The van der Waals surface area contributed by atoms with Gasteiger partial charge in [-0.05, 0) is 36.4 Å². The maximum absolute atomic E-state index is 5.31. The zero-order valence-electron chi connectivity index (χ0n) is 11.8. The Morgan fingerprint density at radius 3 is 2.10 bits per heavy atom. The van der Waals surface area contributed by atoms with Gasteiger partial charge in [0.2, 0.25) is 0 Å². The Balaban J connectivity index is 1.97. The van der Waals surface area contributed by atoms with Crippen molar-refractivity contribution in [3.8, 4) is 11.6 Å². The maximum Gasteiger partial charge on any atom is 0.258 e. The number of aromatic nitrogens is 2. The maximum atomic E-state index is 5.31. The van der Waals surface area contributed by atoms with Gasteiger partial charge in [-0.2, -0.15) is 0 Å². The van der Waals surface area contributed by atoms with E-state index in [9.17, 15) is 0 Å². The molecule has 21 heavy (non-hydrogen) atoms. The molecular weight excluding hydrogens is 266 g/mol. The molecule has 106 valence electrons. The van der Waals surface area contributed by atoms with Gasteiger partial charge in [-0.25, -0.2) is 9.97 Å². The van der Waals surface area contributed by atoms with E-state index in [4.69, 9.17) is 9.47 Å². The quantitative estimate of drug-likeness (QED) is 0.794. The molecule has 0 atom stereocenters. The van der Waals surface area contributed by atoms with Crippen LogP contribution in [0.25, 0.3) is 11.0 Å². The van der Waals surface area contributed by atoms with Crippen LogP contribution in [0.1, 0.15) is 0 Å². The number of nitrogens with one attached hydrogen (secondary N) is 1. The van der Waals surface area contributed by atoms with E-state index in [0.29, 0.717) is 11.7 Å². The fourth-order valence-electron chi connectivity index (χ4n) is 2.02. The van der Waals surface area contributed by atoms with E-state index in [1.54, 1.807) is 14.2 Å². The molecule has 0 amide bonds. The lowest BCUT2D eigenvalue weighted by molar-refractivity contribution is 0.400. The van der Waals surface area contributed by atoms with Crippen LogP contribution in [0.2, 0.25) is 0 Å². The van der Waals surface area contributed by atoms with E-state index >= 15 is 0 Å². The second-order valence-corrected chi connectivity index (χ2v) is 4.42. The minimum Gasteiger partial charge on any atom is -0.497 e. The second-order valence-electron chi connectivity index (χ2n) is 4.42. The van der Waals surface area contributed by atoms with Crippen LogP contribution in [0.15, 0.2) is 48.5 Å². The van der Waals surface area contributed by atoms with Crippen LogP contribution in [-0.2, 0) is 0 Å². The van der Waals surface area contributed by atoms with Gasteiger partial charge in [0.15, 0.2) is 5.82 Å². The molecule has 1 heterocycles. The lowest BCUT2D eigenvalue weighted by Gasteiger charge is -2.11. The fraction of sp³-hybridized carbons (Fsp3) is 0.125. The van der Waals surface area contributed by atoms with Gasteiger partial charge in [-0.3, -0.25) is 0 Å². The molecule has 0 aliphatic rings. The van der Waals surface area contributed by atoms with Gasteiger partial charge < -0.3 is 14.8 Å². The third kappa shape index (κ3) is 2.72. The van der Waals surface area contributed by atoms with Crippen LogP contribution < -0.4 is 14.8 Å². The third-order valence-electron chi connectivity index (χ3n) is 3.08. The average molecular weight is 281 g/mol. The Bertz CT molecular complexity index is 757. The first-order valence-electron chi connectivity index (χ1n) is 6.52. The number of methoxy groups -OCH3 is 2. The lowest BCUT2D eigenvalue weighted by atomic mass is 10.3. The number of hydrogen-bond donors (Lipinski definition) is 1. The molecule has 0 fully saturated rings. The van der Waals surface area contributed by atoms with Crippen molar-refractivity contribution in [3.63, 3.8) is 0 Å². The fourth-order valence-corrected chi connectivity index (χ4v) is 2.02. The first-order chi connectivity index (χ1) is 10.3. The molecule has 0 saturated carbocycles. The largest absolute Gasteiger partial charge is 0.497 e. The lowest BCUT2D eigenvalue weighted by Crippen LogP contribution is -2.00. The van der Waals surface area contributed by atoms with Gasteiger partial charge in [-0.15, -0.1) is 0 Å². The number of anilines is 2. The van der Waals surface area contributed by atoms with Gasteiger partial charge in [0.1, 0.15) is 5.75 Å². The standard InChI is InChI=1S/C16H15N3O2/c1-20-12-9-7-11(8-10-12)17-15-16(21-2)19-14-6-4-3-5-13(14)18-15/h3-10H,1-2H3,(H,17,18). The Hall–Kier alpha value is -2.82. The normalized spacial score (nSPS) is 10.4. The second kappa shape index (κ2) is 5.66. The van der Waals surface area contributed by atoms with E-state index in [2.05, 4.69) is 15.3 Å². The summed E-state index contributed by atoms with van der Waals surface area (Å²) in [6.07, 6.45) is 0. The third-order valence-corrected chi connectivity index (χ3v) is 3.08. The first-order valence-corrected chi connectivity index (χ1v) is 6.52.